The molecule has 1 saturated heterocycles. The van der Waals surface area contributed by atoms with E-state index in [2.05, 4.69) is 65.8 Å². The molecule has 1 aromatic rings. The topological polar surface area (TPSA) is 48.9 Å². The largest absolute Gasteiger partial charge is 0.373 e. The molecule has 5 nitrogen and oxygen atoms in total. The minimum Gasteiger partial charge on any atom is -0.373 e. The van der Waals surface area contributed by atoms with Gasteiger partial charge in [0.1, 0.15) is 0 Å². The van der Waals surface area contributed by atoms with E-state index in [1.165, 1.54) is 11.1 Å². The Hall–Kier alpha value is -0.860. The quantitative estimate of drug-likeness (QED) is 0.401. The van der Waals surface area contributed by atoms with Crippen LogP contribution in [0.3, 0.4) is 0 Å². The number of rotatable bonds is 6. The molecule has 1 aliphatic rings. The second-order valence-corrected chi connectivity index (χ2v) is 6.74. The van der Waals surface area contributed by atoms with Gasteiger partial charge in [-0.2, -0.15) is 0 Å². The summed E-state index contributed by atoms with van der Waals surface area (Å²) in [5.74, 6) is 0.819. The number of aliphatic imine (C=N–C) groups is 1. The molecule has 1 unspecified atom stereocenters. The van der Waals surface area contributed by atoms with Crippen LogP contribution in [-0.2, 0) is 17.8 Å². The van der Waals surface area contributed by atoms with Crippen LogP contribution in [0.1, 0.15) is 30.9 Å². The molecule has 0 aromatic heterocycles. The van der Waals surface area contributed by atoms with Crippen molar-refractivity contribution in [3.8, 4) is 0 Å². The average molecular weight is 446 g/mol. The van der Waals surface area contributed by atoms with E-state index >= 15 is 0 Å². The molecule has 0 amide bonds. The Morgan fingerprint density at radius 3 is 2.42 bits per heavy atom. The highest BCUT2D eigenvalue weighted by atomic mass is 127. The van der Waals surface area contributed by atoms with E-state index in [1.807, 2.05) is 0 Å². The Morgan fingerprint density at radius 2 is 1.88 bits per heavy atom. The minimum absolute atomic E-state index is 0. The van der Waals surface area contributed by atoms with Gasteiger partial charge in [0.25, 0.3) is 0 Å². The van der Waals surface area contributed by atoms with Crippen LogP contribution < -0.4 is 10.6 Å². The number of halogens is 1. The zero-order valence-corrected chi connectivity index (χ0v) is 17.6. The van der Waals surface area contributed by atoms with Gasteiger partial charge in [-0.25, -0.2) is 0 Å². The number of ether oxygens (including phenoxy) is 1. The van der Waals surface area contributed by atoms with Crippen LogP contribution in [0.25, 0.3) is 0 Å². The molecule has 6 heteroatoms. The minimum atomic E-state index is -0.0640. The zero-order valence-electron chi connectivity index (χ0n) is 15.3. The van der Waals surface area contributed by atoms with E-state index in [-0.39, 0.29) is 29.6 Å². The van der Waals surface area contributed by atoms with Gasteiger partial charge < -0.3 is 20.3 Å². The third-order valence-electron chi connectivity index (χ3n) is 4.14. The van der Waals surface area contributed by atoms with E-state index in [0.717, 1.165) is 45.0 Å². The van der Waals surface area contributed by atoms with Gasteiger partial charge in [0.2, 0.25) is 0 Å². The van der Waals surface area contributed by atoms with Crippen molar-refractivity contribution in [2.45, 2.75) is 38.5 Å². The number of guanidine groups is 1. The fourth-order valence-corrected chi connectivity index (χ4v) is 2.78. The van der Waals surface area contributed by atoms with Gasteiger partial charge in [-0.15, -0.1) is 24.0 Å². The van der Waals surface area contributed by atoms with Crippen molar-refractivity contribution in [2.75, 3.05) is 34.3 Å². The van der Waals surface area contributed by atoms with Crippen molar-refractivity contribution in [2.24, 2.45) is 4.99 Å². The van der Waals surface area contributed by atoms with E-state index < -0.39 is 0 Å². The Morgan fingerprint density at radius 1 is 1.21 bits per heavy atom. The third-order valence-corrected chi connectivity index (χ3v) is 4.14. The predicted molar refractivity (Wildman–Crippen MR) is 111 cm³/mol. The van der Waals surface area contributed by atoms with Gasteiger partial charge >= 0.3 is 0 Å². The van der Waals surface area contributed by atoms with Crippen LogP contribution in [-0.4, -0.2) is 50.8 Å². The van der Waals surface area contributed by atoms with E-state index in [0.29, 0.717) is 0 Å². The second-order valence-electron chi connectivity index (χ2n) is 6.74. The molecule has 0 saturated carbocycles. The summed E-state index contributed by atoms with van der Waals surface area (Å²) in [6.07, 6.45) is 2.24. The van der Waals surface area contributed by atoms with Crippen molar-refractivity contribution in [3.63, 3.8) is 0 Å². The van der Waals surface area contributed by atoms with Crippen LogP contribution in [0.15, 0.2) is 29.3 Å². The number of nitrogens with zero attached hydrogens (tertiary/aromatic N) is 2. The molecule has 1 aromatic carbocycles. The highest BCUT2D eigenvalue weighted by Gasteiger charge is 2.29. The average Bonchev–Trinajstić information content (AvgIpc) is 2.95. The summed E-state index contributed by atoms with van der Waals surface area (Å²) in [4.78, 5) is 6.46. The predicted octanol–water partition coefficient (Wildman–Crippen LogP) is 2.60. The first kappa shape index (κ1) is 21.2. The lowest BCUT2D eigenvalue weighted by molar-refractivity contribution is 0.0243. The van der Waals surface area contributed by atoms with Gasteiger partial charge in [-0.05, 0) is 45.0 Å². The summed E-state index contributed by atoms with van der Waals surface area (Å²) in [6, 6.07) is 8.70. The Kier molecular flexibility index (Phi) is 9.01. The molecule has 0 aliphatic carbocycles. The first-order valence-corrected chi connectivity index (χ1v) is 8.32. The highest BCUT2D eigenvalue weighted by Crippen LogP contribution is 2.23. The Balaban J connectivity index is 0.00000288. The molecule has 136 valence electrons. The molecule has 1 aliphatic heterocycles. The smallest absolute Gasteiger partial charge is 0.191 e. The van der Waals surface area contributed by atoms with Crippen LogP contribution in [0.5, 0.6) is 0 Å². The molecule has 2 N–H and O–H groups in total. The highest BCUT2D eigenvalue weighted by molar-refractivity contribution is 14.0. The molecule has 0 spiro atoms. The third kappa shape index (κ3) is 6.94. The monoisotopic (exact) mass is 446 g/mol. The molecule has 1 fully saturated rings. The van der Waals surface area contributed by atoms with Gasteiger partial charge in [0, 0.05) is 33.3 Å². The van der Waals surface area contributed by atoms with Crippen LogP contribution in [0, 0.1) is 0 Å². The second kappa shape index (κ2) is 10.2. The van der Waals surface area contributed by atoms with Crippen molar-refractivity contribution >= 4 is 29.9 Å². The summed E-state index contributed by atoms with van der Waals surface area (Å²) in [5, 5.41) is 6.73. The lowest BCUT2D eigenvalue weighted by Crippen LogP contribution is -2.45. The molecule has 0 bridgehead atoms. The first-order valence-electron chi connectivity index (χ1n) is 8.32. The Bertz CT molecular complexity index is 510. The van der Waals surface area contributed by atoms with Crippen LogP contribution in [0.2, 0.25) is 0 Å². The number of benzene rings is 1. The maximum absolute atomic E-state index is 5.79. The normalized spacial score (nSPS) is 20.8. The summed E-state index contributed by atoms with van der Waals surface area (Å²) >= 11 is 0. The molecule has 2 rings (SSSR count). The molecule has 0 radical (unpaired) electrons. The summed E-state index contributed by atoms with van der Waals surface area (Å²) in [5.41, 5.74) is 2.51. The lowest BCUT2D eigenvalue weighted by atomic mass is 10.0. The van der Waals surface area contributed by atoms with E-state index in [9.17, 15) is 0 Å². The van der Waals surface area contributed by atoms with Gasteiger partial charge in [-0.1, -0.05) is 24.3 Å². The summed E-state index contributed by atoms with van der Waals surface area (Å²) in [6.45, 7) is 5.54. The zero-order chi connectivity index (χ0) is 16.7. The standard InChI is InChI=1S/C18H30N4O.HI/c1-18(10-5-11-23-18)14-21-17(19-2)20-12-15-6-8-16(9-7-15)13-22(3)4;/h6-9H,5,10-14H2,1-4H3,(H2,19,20,21);1H. The summed E-state index contributed by atoms with van der Waals surface area (Å²) < 4.78 is 5.79. The first-order chi connectivity index (χ1) is 11.0. The molecular weight excluding hydrogens is 415 g/mol. The summed E-state index contributed by atoms with van der Waals surface area (Å²) in [7, 11) is 5.97. The number of hydrogen-bond acceptors (Lipinski definition) is 3. The molecular formula is C18H31IN4O. The van der Waals surface area contributed by atoms with E-state index in [4.69, 9.17) is 4.74 Å². The van der Waals surface area contributed by atoms with Crippen molar-refractivity contribution in [3.05, 3.63) is 35.4 Å². The lowest BCUT2D eigenvalue weighted by Gasteiger charge is -2.24. The maximum atomic E-state index is 5.79. The fraction of sp³-hybridized carbons (Fsp3) is 0.611. The van der Waals surface area contributed by atoms with Crippen LogP contribution in [0.4, 0.5) is 0 Å². The van der Waals surface area contributed by atoms with Gasteiger partial charge in [-0.3, -0.25) is 4.99 Å². The molecule has 24 heavy (non-hydrogen) atoms. The van der Waals surface area contributed by atoms with Gasteiger partial charge in [0.05, 0.1) is 5.60 Å². The SMILES string of the molecule is CN=C(NCc1ccc(CN(C)C)cc1)NCC1(C)CCCO1.I. The number of hydrogen-bond donors (Lipinski definition) is 2. The van der Waals surface area contributed by atoms with Gasteiger partial charge in [0.15, 0.2) is 5.96 Å². The maximum Gasteiger partial charge on any atom is 0.191 e. The molecule has 1 heterocycles. The Labute approximate surface area is 163 Å². The van der Waals surface area contributed by atoms with Crippen LogP contribution >= 0.6 is 24.0 Å². The fourth-order valence-electron chi connectivity index (χ4n) is 2.78. The van der Waals surface area contributed by atoms with Crippen molar-refractivity contribution in [1.29, 1.82) is 0 Å². The number of nitrogens with one attached hydrogen (secondary N) is 2. The van der Waals surface area contributed by atoms with E-state index in [1.54, 1.807) is 7.05 Å². The van der Waals surface area contributed by atoms with Crippen molar-refractivity contribution < 1.29 is 4.74 Å². The molecule has 1 atom stereocenters. The van der Waals surface area contributed by atoms with Crippen molar-refractivity contribution in [1.82, 2.24) is 15.5 Å².